The number of unbranched alkanes of at least 4 members (excludes halogenated alkanes) is 13. The van der Waals surface area contributed by atoms with Gasteiger partial charge in [0, 0.05) is 6.54 Å². The Morgan fingerprint density at radius 1 is 0.788 bits per heavy atom. The molecule has 0 amide bonds. The highest BCUT2D eigenvalue weighted by Gasteiger charge is 2.28. The molecule has 0 saturated carbocycles. The van der Waals surface area contributed by atoms with Crippen LogP contribution in [0, 0.1) is 6.92 Å². The quantitative estimate of drug-likeness (QED) is 0.128. The first-order valence-corrected chi connectivity index (χ1v) is 14.9. The standard InChI is InChI=1S/C25H43ClN4O2S/c1-5-6-7-8-9-10-11-12-13-14-15-16-17-18-19-30-21(4)27-23-22(30)24(29-25(26)28-23)33(31,32)20(2)3/h20H,5-19H2,1-4H3. The van der Waals surface area contributed by atoms with Gasteiger partial charge in [-0.25, -0.2) is 18.4 Å². The SMILES string of the molecule is CCCCCCCCCCCCCCCCn1c(C)nc2nc(Cl)nc(S(=O)(=O)C(C)C)c21. The number of fused-ring (bicyclic) bond motifs is 1. The summed E-state index contributed by atoms with van der Waals surface area (Å²) in [6.07, 6.45) is 18.3. The van der Waals surface area contributed by atoms with Crippen LogP contribution in [0.25, 0.3) is 11.2 Å². The Kier molecular flexibility index (Phi) is 12.1. The molecule has 0 N–H and O–H groups in total. The molecule has 188 valence electrons. The molecule has 0 atom stereocenters. The maximum absolute atomic E-state index is 12.9. The fraction of sp³-hybridized carbons (Fsp3) is 0.800. The van der Waals surface area contributed by atoms with Crippen molar-refractivity contribution in [2.24, 2.45) is 0 Å². The van der Waals surface area contributed by atoms with Crippen molar-refractivity contribution in [3.63, 3.8) is 0 Å². The molecule has 0 fully saturated rings. The van der Waals surface area contributed by atoms with Crippen LogP contribution in [0.4, 0.5) is 0 Å². The predicted molar refractivity (Wildman–Crippen MR) is 138 cm³/mol. The Morgan fingerprint density at radius 2 is 1.27 bits per heavy atom. The molecular formula is C25H43ClN4O2S. The van der Waals surface area contributed by atoms with Gasteiger partial charge in [0.25, 0.3) is 0 Å². The summed E-state index contributed by atoms with van der Waals surface area (Å²) in [4.78, 5) is 12.7. The van der Waals surface area contributed by atoms with E-state index in [1.54, 1.807) is 13.8 Å². The van der Waals surface area contributed by atoms with Crippen LogP contribution in [0.15, 0.2) is 5.03 Å². The number of imidazole rings is 1. The van der Waals surface area contributed by atoms with Gasteiger partial charge in [-0.05, 0) is 38.8 Å². The van der Waals surface area contributed by atoms with Gasteiger partial charge in [0.2, 0.25) is 5.28 Å². The Bertz CT molecular complexity index is 957. The van der Waals surface area contributed by atoms with Crippen molar-refractivity contribution >= 4 is 32.6 Å². The van der Waals surface area contributed by atoms with Gasteiger partial charge in [-0.1, -0.05) is 90.4 Å². The van der Waals surface area contributed by atoms with Crippen molar-refractivity contribution in [3.8, 4) is 0 Å². The van der Waals surface area contributed by atoms with E-state index in [-0.39, 0.29) is 10.3 Å². The first-order chi connectivity index (χ1) is 15.8. The van der Waals surface area contributed by atoms with E-state index in [9.17, 15) is 8.42 Å². The fourth-order valence-electron chi connectivity index (χ4n) is 4.25. The van der Waals surface area contributed by atoms with Crippen LogP contribution in [0.5, 0.6) is 0 Å². The highest BCUT2D eigenvalue weighted by atomic mass is 35.5. The lowest BCUT2D eigenvalue weighted by Gasteiger charge is -2.12. The van der Waals surface area contributed by atoms with Gasteiger partial charge in [0.1, 0.15) is 11.3 Å². The second kappa shape index (κ2) is 14.2. The summed E-state index contributed by atoms with van der Waals surface area (Å²) < 4.78 is 27.7. The molecular weight excluding hydrogens is 456 g/mol. The normalized spacial score (nSPS) is 12.3. The number of halogens is 1. The molecule has 0 unspecified atom stereocenters. The fourth-order valence-corrected chi connectivity index (χ4v) is 5.59. The molecule has 2 heterocycles. The van der Waals surface area contributed by atoms with E-state index < -0.39 is 15.1 Å². The molecule has 0 aromatic carbocycles. The maximum atomic E-state index is 12.9. The molecule has 2 aromatic heterocycles. The van der Waals surface area contributed by atoms with E-state index in [0.717, 1.165) is 18.7 Å². The lowest BCUT2D eigenvalue weighted by Crippen LogP contribution is -2.18. The minimum absolute atomic E-state index is 0.00142. The number of aryl methyl sites for hydroxylation is 2. The van der Waals surface area contributed by atoms with Gasteiger partial charge in [-0.15, -0.1) is 0 Å². The second-order valence-electron chi connectivity index (χ2n) is 9.47. The van der Waals surface area contributed by atoms with Gasteiger partial charge in [-0.2, -0.15) is 4.98 Å². The third-order valence-electron chi connectivity index (χ3n) is 6.36. The number of aromatic nitrogens is 4. The first-order valence-electron chi connectivity index (χ1n) is 12.9. The summed E-state index contributed by atoms with van der Waals surface area (Å²) in [5.41, 5.74) is 0.845. The number of hydrogen-bond donors (Lipinski definition) is 0. The molecule has 0 saturated heterocycles. The zero-order valence-corrected chi connectivity index (χ0v) is 22.6. The van der Waals surface area contributed by atoms with E-state index in [1.165, 1.54) is 77.0 Å². The molecule has 0 radical (unpaired) electrons. The molecule has 0 aliphatic carbocycles. The predicted octanol–water partition coefficient (Wildman–Crippen LogP) is 7.45. The zero-order chi connectivity index (χ0) is 24.3. The molecule has 0 spiro atoms. The molecule has 33 heavy (non-hydrogen) atoms. The van der Waals surface area contributed by atoms with E-state index in [4.69, 9.17) is 11.6 Å². The third kappa shape index (κ3) is 8.50. The van der Waals surface area contributed by atoms with Gasteiger partial charge in [-0.3, -0.25) is 0 Å². The number of hydrogen-bond acceptors (Lipinski definition) is 5. The lowest BCUT2D eigenvalue weighted by molar-refractivity contribution is 0.523. The summed E-state index contributed by atoms with van der Waals surface area (Å²) in [5, 5.41) is -0.669. The summed E-state index contributed by atoms with van der Waals surface area (Å²) >= 11 is 6.00. The zero-order valence-electron chi connectivity index (χ0n) is 21.1. The van der Waals surface area contributed by atoms with Crippen LogP contribution in [-0.2, 0) is 16.4 Å². The number of rotatable bonds is 17. The topological polar surface area (TPSA) is 77.7 Å². The van der Waals surface area contributed by atoms with Crippen LogP contribution in [-0.4, -0.2) is 33.2 Å². The summed E-state index contributed by atoms with van der Waals surface area (Å²) in [7, 11) is -3.59. The van der Waals surface area contributed by atoms with Gasteiger partial charge in [0.05, 0.1) is 5.25 Å². The van der Waals surface area contributed by atoms with E-state index in [2.05, 4.69) is 21.9 Å². The molecule has 0 aliphatic heterocycles. The summed E-state index contributed by atoms with van der Waals surface area (Å²) in [6, 6.07) is 0. The summed E-state index contributed by atoms with van der Waals surface area (Å²) in [5.74, 6) is 0.747. The van der Waals surface area contributed by atoms with Crippen LogP contribution in [0.1, 0.15) is 116 Å². The lowest BCUT2D eigenvalue weighted by atomic mass is 10.0. The Balaban J connectivity index is 1.76. The van der Waals surface area contributed by atoms with E-state index in [1.807, 2.05) is 11.5 Å². The molecule has 6 nitrogen and oxygen atoms in total. The van der Waals surface area contributed by atoms with Crippen molar-refractivity contribution in [2.45, 2.75) is 134 Å². The molecule has 2 aromatic rings. The average molecular weight is 499 g/mol. The largest absolute Gasteiger partial charge is 0.324 e. The molecule has 0 bridgehead atoms. The second-order valence-corrected chi connectivity index (χ2v) is 12.2. The Hall–Kier alpha value is -1.21. The van der Waals surface area contributed by atoms with E-state index >= 15 is 0 Å². The summed E-state index contributed by atoms with van der Waals surface area (Å²) in [6.45, 7) is 8.16. The van der Waals surface area contributed by atoms with Crippen molar-refractivity contribution in [3.05, 3.63) is 11.1 Å². The van der Waals surface area contributed by atoms with Crippen LogP contribution < -0.4 is 0 Å². The monoisotopic (exact) mass is 498 g/mol. The third-order valence-corrected chi connectivity index (χ3v) is 8.59. The number of nitrogens with zero attached hydrogens (tertiary/aromatic N) is 4. The Labute approximate surface area is 205 Å². The van der Waals surface area contributed by atoms with Crippen molar-refractivity contribution in [2.75, 3.05) is 0 Å². The van der Waals surface area contributed by atoms with Crippen molar-refractivity contribution < 1.29 is 8.42 Å². The van der Waals surface area contributed by atoms with Gasteiger partial charge in [0.15, 0.2) is 20.5 Å². The van der Waals surface area contributed by atoms with Crippen LogP contribution >= 0.6 is 11.6 Å². The molecule has 0 aliphatic rings. The van der Waals surface area contributed by atoms with Crippen LogP contribution in [0.2, 0.25) is 5.28 Å². The van der Waals surface area contributed by atoms with E-state index in [0.29, 0.717) is 17.7 Å². The van der Waals surface area contributed by atoms with Crippen molar-refractivity contribution in [1.29, 1.82) is 0 Å². The minimum Gasteiger partial charge on any atom is -0.324 e. The minimum atomic E-state index is -3.59. The number of sulfone groups is 1. The maximum Gasteiger partial charge on any atom is 0.225 e. The van der Waals surface area contributed by atoms with Gasteiger partial charge < -0.3 is 4.57 Å². The Morgan fingerprint density at radius 3 is 1.76 bits per heavy atom. The smallest absolute Gasteiger partial charge is 0.225 e. The molecule has 8 heteroatoms. The van der Waals surface area contributed by atoms with Crippen molar-refractivity contribution in [1.82, 2.24) is 19.5 Å². The van der Waals surface area contributed by atoms with Crippen LogP contribution in [0.3, 0.4) is 0 Å². The first kappa shape index (κ1) is 28.0. The van der Waals surface area contributed by atoms with Gasteiger partial charge >= 0.3 is 0 Å². The highest BCUT2D eigenvalue weighted by molar-refractivity contribution is 7.92. The highest BCUT2D eigenvalue weighted by Crippen LogP contribution is 2.26. The average Bonchev–Trinajstić information content (AvgIpc) is 3.07. The molecule has 2 rings (SSSR count).